The number of carbonyl (C=O) groups is 1. The van der Waals surface area contributed by atoms with E-state index >= 15 is 0 Å². The molecule has 3 aromatic rings. The Hall–Kier alpha value is -2.75. The van der Waals surface area contributed by atoms with E-state index in [4.69, 9.17) is 0 Å². The summed E-state index contributed by atoms with van der Waals surface area (Å²) in [6, 6.07) is 9.22. The zero-order valence-corrected chi connectivity index (χ0v) is 15.9. The minimum atomic E-state index is -4.35. The Balaban J connectivity index is 1.69. The summed E-state index contributed by atoms with van der Waals surface area (Å²) in [5.74, 6) is -2.57. The Morgan fingerprint density at radius 2 is 2.03 bits per heavy atom. The third kappa shape index (κ3) is 4.02. The molecule has 1 atom stereocenters. The maximum absolute atomic E-state index is 13.7. The van der Waals surface area contributed by atoms with Gasteiger partial charge in [0.05, 0.1) is 16.5 Å². The molecule has 0 saturated carbocycles. The molecule has 0 aliphatic carbocycles. The minimum Gasteiger partial charge on any atom is -0.335 e. The van der Waals surface area contributed by atoms with Crippen LogP contribution >= 0.6 is 11.3 Å². The SMILES string of the molecule is O=C(c1nc(-c2cccs2)n(-c2cccc(F)c2)n1)N1CCCC(C(F)(F)F)C1. The van der Waals surface area contributed by atoms with E-state index in [1.807, 2.05) is 5.38 Å². The fourth-order valence-corrected chi connectivity index (χ4v) is 4.02. The number of hydrogen-bond acceptors (Lipinski definition) is 4. The summed E-state index contributed by atoms with van der Waals surface area (Å²) in [4.78, 5) is 19.0. The summed E-state index contributed by atoms with van der Waals surface area (Å²) in [5.41, 5.74) is 0.367. The second-order valence-corrected chi connectivity index (χ2v) is 7.71. The number of halogens is 4. The summed E-state index contributed by atoms with van der Waals surface area (Å²) < 4.78 is 54.3. The predicted octanol–water partition coefficient (Wildman–Crippen LogP) is 4.55. The Morgan fingerprint density at radius 3 is 2.72 bits per heavy atom. The smallest absolute Gasteiger partial charge is 0.335 e. The lowest BCUT2D eigenvalue weighted by molar-refractivity contribution is -0.184. The molecule has 3 heterocycles. The predicted molar refractivity (Wildman–Crippen MR) is 99.3 cm³/mol. The summed E-state index contributed by atoms with van der Waals surface area (Å²) in [6.07, 6.45) is -4.09. The van der Waals surface area contributed by atoms with E-state index in [-0.39, 0.29) is 25.2 Å². The molecule has 29 heavy (non-hydrogen) atoms. The van der Waals surface area contributed by atoms with Gasteiger partial charge in [0.1, 0.15) is 5.82 Å². The number of nitrogens with zero attached hydrogens (tertiary/aromatic N) is 4. The molecule has 1 aliphatic rings. The van der Waals surface area contributed by atoms with Crippen LogP contribution in [0.4, 0.5) is 17.6 Å². The fraction of sp³-hybridized carbons (Fsp3) is 0.316. The average Bonchev–Trinajstić information content (AvgIpc) is 3.36. The minimum absolute atomic E-state index is 0.00110. The zero-order valence-electron chi connectivity index (χ0n) is 15.1. The van der Waals surface area contributed by atoms with Crippen LogP contribution in [0.1, 0.15) is 23.5 Å². The molecule has 152 valence electrons. The van der Waals surface area contributed by atoms with Gasteiger partial charge >= 0.3 is 6.18 Å². The van der Waals surface area contributed by atoms with E-state index < -0.39 is 30.4 Å². The van der Waals surface area contributed by atoms with Gasteiger partial charge in [0.2, 0.25) is 5.82 Å². The summed E-state index contributed by atoms with van der Waals surface area (Å²) in [5, 5.41) is 6.03. The highest BCUT2D eigenvalue weighted by molar-refractivity contribution is 7.13. The largest absolute Gasteiger partial charge is 0.393 e. The van der Waals surface area contributed by atoms with Crippen LogP contribution in [0.3, 0.4) is 0 Å². The highest BCUT2D eigenvalue weighted by atomic mass is 32.1. The van der Waals surface area contributed by atoms with E-state index in [0.29, 0.717) is 16.4 Å². The summed E-state index contributed by atoms with van der Waals surface area (Å²) in [7, 11) is 0. The molecule has 4 rings (SSSR count). The van der Waals surface area contributed by atoms with Gasteiger partial charge < -0.3 is 4.90 Å². The molecule has 0 spiro atoms. The molecule has 0 N–H and O–H groups in total. The van der Waals surface area contributed by atoms with Gasteiger partial charge in [-0.2, -0.15) is 13.2 Å². The van der Waals surface area contributed by atoms with Crippen molar-refractivity contribution in [1.82, 2.24) is 19.7 Å². The number of alkyl halides is 3. The van der Waals surface area contributed by atoms with Crippen LogP contribution in [-0.2, 0) is 0 Å². The Kier molecular flexibility index (Phi) is 5.12. The van der Waals surface area contributed by atoms with Gasteiger partial charge in [-0.15, -0.1) is 16.4 Å². The van der Waals surface area contributed by atoms with Gasteiger partial charge in [-0.1, -0.05) is 12.1 Å². The number of thiophene rings is 1. The number of rotatable bonds is 3. The zero-order chi connectivity index (χ0) is 20.6. The van der Waals surface area contributed by atoms with Crippen LogP contribution in [-0.4, -0.2) is 44.8 Å². The maximum atomic E-state index is 13.7. The van der Waals surface area contributed by atoms with Crippen LogP contribution < -0.4 is 0 Å². The van der Waals surface area contributed by atoms with E-state index in [1.165, 1.54) is 34.2 Å². The molecule has 0 radical (unpaired) electrons. The van der Waals surface area contributed by atoms with Crippen molar-refractivity contribution >= 4 is 17.2 Å². The monoisotopic (exact) mass is 424 g/mol. The molecule has 10 heteroatoms. The lowest BCUT2D eigenvalue weighted by Gasteiger charge is -2.33. The van der Waals surface area contributed by atoms with Crippen molar-refractivity contribution in [2.45, 2.75) is 19.0 Å². The number of piperidine rings is 1. The van der Waals surface area contributed by atoms with Crippen molar-refractivity contribution in [3.8, 4) is 16.4 Å². The molecular weight excluding hydrogens is 408 g/mol. The second kappa shape index (κ2) is 7.58. The molecule has 1 fully saturated rings. The Morgan fingerprint density at radius 1 is 1.21 bits per heavy atom. The molecule has 1 saturated heterocycles. The average molecular weight is 424 g/mol. The number of hydrogen-bond donors (Lipinski definition) is 0. The molecule has 1 aliphatic heterocycles. The first kappa shape index (κ1) is 19.6. The van der Waals surface area contributed by atoms with Crippen molar-refractivity contribution < 1.29 is 22.4 Å². The maximum Gasteiger partial charge on any atom is 0.393 e. The van der Waals surface area contributed by atoms with Gasteiger partial charge in [-0.3, -0.25) is 4.79 Å². The van der Waals surface area contributed by atoms with Crippen molar-refractivity contribution in [2.24, 2.45) is 5.92 Å². The van der Waals surface area contributed by atoms with Crippen LogP contribution in [0.2, 0.25) is 0 Å². The van der Waals surface area contributed by atoms with Gasteiger partial charge in [-0.25, -0.2) is 14.1 Å². The van der Waals surface area contributed by atoms with Gasteiger partial charge in [0.25, 0.3) is 5.91 Å². The van der Waals surface area contributed by atoms with Crippen LogP contribution in [0.25, 0.3) is 16.4 Å². The number of benzene rings is 1. The van der Waals surface area contributed by atoms with E-state index in [1.54, 1.807) is 18.2 Å². The molecule has 5 nitrogen and oxygen atoms in total. The third-order valence-electron chi connectivity index (χ3n) is 4.76. The second-order valence-electron chi connectivity index (χ2n) is 6.76. The number of likely N-dealkylation sites (tertiary alicyclic amines) is 1. The topological polar surface area (TPSA) is 51.0 Å². The van der Waals surface area contributed by atoms with Crippen molar-refractivity contribution in [2.75, 3.05) is 13.1 Å². The Labute approximate surface area is 167 Å². The first-order valence-corrected chi connectivity index (χ1v) is 9.84. The molecular formula is C19H16F4N4OS. The van der Waals surface area contributed by atoms with E-state index in [9.17, 15) is 22.4 Å². The summed E-state index contributed by atoms with van der Waals surface area (Å²) in [6.45, 7) is -0.195. The number of amides is 1. The van der Waals surface area contributed by atoms with Crippen LogP contribution in [0.15, 0.2) is 41.8 Å². The Bertz CT molecular complexity index is 1020. The highest BCUT2D eigenvalue weighted by Crippen LogP contribution is 2.33. The summed E-state index contributed by atoms with van der Waals surface area (Å²) >= 11 is 1.36. The number of aromatic nitrogens is 3. The van der Waals surface area contributed by atoms with Crippen molar-refractivity contribution in [3.63, 3.8) is 0 Å². The van der Waals surface area contributed by atoms with Gasteiger partial charge in [0.15, 0.2) is 5.82 Å². The quantitative estimate of drug-likeness (QED) is 0.580. The standard InChI is InChI=1S/C19H16F4N4OS/c20-13-5-1-6-14(10-13)27-17(15-7-3-9-29-15)24-16(25-27)18(28)26-8-2-4-12(11-26)19(21,22)23/h1,3,5-7,9-10,12H,2,4,8,11H2. The van der Waals surface area contributed by atoms with Crippen LogP contribution in [0, 0.1) is 11.7 Å². The lowest BCUT2D eigenvalue weighted by atomic mass is 9.97. The third-order valence-corrected chi connectivity index (χ3v) is 5.63. The molecule has 1 amide bonds. The van der Waals surface area contributed by atoms with E-state index in [0.717, 1.165) is 4.90 Å². The molecule has 2 aromatic heterocycles. The highest BCUT2D eigenvalue weighted by Gasteiger charge is 2.43. The normalized spacial score (nSPS) is 17.5. The lowest BCUT2D eigenvalue weighted by Crippen LogP contribution is -2.44. The van der Waals surface area contributed by atoms with Gasteiger partial charge in [-0.05, 0) is 42.5 Å². The fourth-order valence-electron chi connectivity index (χ4n) is 3.33. The molecule has 1 unspecified atom stereocenters. The molecule has 0 bridgehead atoms. The molecule has 1 aromatic carbocycles. The first-order valence-electron chi connectivity index (χ1n) is 8.96. The van der Waals surface area contributed by atoms with Crippen LogP contribution in [0.5, 0.6) is 0 Å². The van der Waals surface area contributed by atoms with Crippen molar-refractivity contribution in [3.05, 3.63) is 53.4 Å². The van der Waals surface area contributed by atoms with E-state index in [2.05, 4.69) is 10.1 Å². The van der Waals surface area contributed by atoms with Crippen molar-refractivity contribution in [1.29, 1.82) is 0 Å². The van der Waals surface area contributed by atoms with Gasteiger partial charge in [0, 0.05) is 13.1 Å². The number of carbonyl (C=O) groups excluding carboxylic acids is 1. The first-order chi connectivity index (χ1) is 13.8.